The molecule has 5 heteroatoms. The standard InChI is InChI=1S/C21H23N3O2/c1-2-23-12-6-9-19(20(23)25)22-21(26)24-17-10-11-18(24)14-16(13-17)15-7-4-3-5-8-15/h3-9,12-13,17-18H,2,10-11,14H2,1H3,(H,22,26). The molecule has 26 heavy (non-hydrogen) atoms. The number of aryl methyl sites for hydroxylation is 1. The van der Waals surface area contributed by atoms with E-state index in [9.17, 15) is 9.59 Å². The lowest BCUT2D eigenvalue weighted by Gasteiger charge is -2.34. The van der Waals surface area contributed by atoms with Crippen molar-refractivity contribution in [1.82, 2.24) is 9.47 Å². The van der Waals surface area contributed by atoms with E-state index in [1.807, 2.05) is 30.0 Å². The van der Waals surface area contributed by atoms with Gasteiger partial charge in [-0.05, 0) is 49.5 Å². The second-order valence-electron chi connectivity index (χ2n) is 6.91. The molecule has 134 valence electrons. The van der Waals surface area contributed by atoms with Gasteiger partial charge in [-0.2, -0.15) is 0 Å². The molecule has 1 aromatic carbocycles. The number of benzene rings is 1. The zero-order chi connectivity index (χ0) is 18.1. The van der Waals surface area contributed by atoms with Crippen LogP contribution in [0.3, 0.4) is 0 Å². The largest absolute Gasteiger partial charge is 0.322 e. The molecule has 1 N–H and O–H groups in total. The van der Waals surface area contributed by atoms with E-state index in [1.54, 1.807) is 22.9 Å². The molecule has 0 aliphatic carbocycles. The highest BCUT2D eigenvalue weighted by Gasteiger charge is 2.39. The summed E-state index contributed by atoms with van der Waals surface area (Å²) in [5.41, 5.74) is 2.73. The number of hydrogen-bond acceptors (Lipinski definition) is 2. The van der Waals surface area contributed by atoms with Crippen LogP contribution in [-0.4, -0.2) is 27.6 Å². The zero-order valence-electron chi connectivity index (χ0n) is 14.9. The highest BCUT2D eigenvalue weighted by molar-refractivity contribution is 5.90. The number of aromatic nitrogens is 1. The second-order valence-corrected chi connectivity index (χ2v) is 6.91. The summed E-state index contributed by atoms with van der Waals surface area (Å²) in [7, 11) is 0. The molecule has 4 rings (SSSR count). The Hall–Kier alpha value is -2.82. The molecular weight excluding hydrogens is 326 g/mol. The van der Waals surface area contributed by atoms with Crippen LogP contribution in [0.15, 0.2) is 59.5 Å². The summed E-state index contributed by atoms with van der Waals surface area (Å²) in [6.45, 7) is 2.49. The number of fused-ring (bicyclic) bond motifs is 2. The molecule has 1 saturated heterocycles. The van der Waals surface area contributed by atoms with Gasteiger partial charge in [-0.25, -0.2) is 4.79 Å². The van der Waals surface area contributed by atoms with Crippen LogP contribution in [-0.2, 0) is 6.54 Å². The first-order valence-electron chi connectivity index (χ1n) is 9.22. The normalized spacial score (nSPS) is 21.4. The number of urea groups is 1. The summed E-state index contributed by atoms with van der Waals surface area (Å²) >= 11 is 0. The maximum atomic E-state index is 12.9. The van der Waals surface area contributed by atoms with Crippen molar-refractivity contribution in [2.75, 3.05) is 5.32 Å². The maximum Gasteiger partial charge on any atom is 0.322 e. The minimum atomic E-state index is -0.174. The molecule has 1 fully saturated rings. The average Bonchev–Trinajstić information content (AvgIpc) is 2.94. The van der Waals surface area contributed by atoms with Crippen LogP contribution in [0.25, 0.3) is 5.57 Å². The Bertz CT molecular complexity index is 901. The molecule has 2 amide bonds. The highest BCUT2D eigenvalue weighted by Crippen LogP contribution is 2.38. The topological polar surface area (TPSA) is 54.3 Å². The van der Waals surface area contributed by atoms with Gasteiger partial charge in [0.1, 0.15) is 5.69 Å². The van der Waals surface area contributed by atoms with Gasteiger partial charge in [0.15, 0.2) is 0 Å². The minimum Gasteiger partial charge on any atom is -0.315 e. The molecule has 2 aliphatic rings. The van der Waals surface area contributed by atoms with Crippen molar-refractivity contribution in [3.63, 3.8) is 0 Å². The fourth-order valence-corrected chi connectivity index (χ4v) is 4.07. The smallest absolute Gasteiger partial charge is 0.315 e. The Morgan fingerprint density at radius 3 is 2.69 bits per heavy atom. The molecule has 3 heterocycles. The lowest BCUT2D eigenvalue weighted by atomic mass is 9.95. The van der Waals surface area contributed by atoms with Gasteiger partial charge >= 0.3 is 6.03 Å². The van der Waals surface area contributed by atoms with E-state index >= 15 is 0 Å². The number of anilines is 1. The first-order valence-corrected chi connectivity index (χ1v) is 9.22. The van der Waals surface area contributed by atoms with E-state index in [-0.39, 0.29) is 23.7 Å². The number of amides is 2. The lowest BCUT2D eigenvalue weighted by Crippen LogP contribution is -2.46. The SMILES string of the molecule is CCn1cccc(NC(=O)N2C3C=C(c4ccccc4)CC2CC3)c1=O. The summed E-state index contributed by atoms with van der Waals surface area (Å²) in [6.07, 6.45) is 6.79. The molecule has 2 aliphatic heterocycles. The van der Waals surface area contributed by atoms with Crippen molar-refractivity contribution in [2.24, 2.45) is 0 Å². The lowest BCUT2D eigenvalue weighted by molar-refractivity contribution is 0.193. The zero-order valence-corrected chi connectivity index (χ0v) is 14.9. The monoisotopic (exact) mass is 349 g/mol. The summed E-state index contributed by atoms with van der Waals surface area (Å²) in [5.74, 6) is 0. The van der Waals surface area contributed by atoms with Crippen LogP contribution in [0.1, 0.15) is 31.7 Å². The predicted molar refractivity (Wildman–Crippen MR) is 103 cm³/mol. The van der Waals surface area contributed by atoms with Crippen LogP contribution in [0.2, 0.25) is 0 Å². The van der Waals surface area contributed by atoms with E-state index in [2.05, 4.69) is 23.5 Å². The molecule has 0 radical (unpaired) electrons. The van der Waals surface area contributed by atoms with Gasteiger partial charge < -0.3 is 14.8 Å². The van der Waals surface area contributed by atoms with Crippen molar-refractivity contribution >= 4 is 17.3 Å². The van der Waals surface area contributed by atoms with Crippen LogP contribution in [0, 0.1) is 0 Å². The van der Waals surface area contributed by atoms with Crippen LogP contribution >= 0.6 is 0 Å². The summed E-state index contributed by atoms with van der Waals surface area (Å²) in [5, 5.41) is 2.83. The third-order valence-corrected chi connectivity index (χ3v) is 5.38. The Balaban J connectivity index is 1.55. The van der Waals surface area contributed by atoms with Gasteiger partial charge in [0, 0.05) is 18.8 Å². The van der Waals surface area contributed by atoms with E-state index in [0.29, 0.717) is 12.2 Å². The van der Waals surface area contributed by atoms with Crippen LogP contribution < -0.4 is 10.9 Å². The van der Waals surface area contributed by atoms with Crippen molar-refractivity contribution < 1.29 is 4.79 Å². The molecule has 2 unspecified atom stereocenters. The number of carbonyl (C=O) groups is 1. The van der Waals surface area contributed by atoms with E-state index in [1.165, 1.54) is 11.1 Å². The van der Waals surface area contributed by atoms with Crippen LogP contribution in [0.5, 0.6) is 0 Å². The van der Waals surface area contributed by atoms with Crippen LogP contribution in [0.4, 0.5) is 10.5 Å². The average molecular weight is 349 g/mol. The van der Waals surface area contributed by atoms with E-state index < -0.39 is 0 Å². The van der Waals surface area contributed by atoms with Crippen molar-refractivity contribution in [3.05, 3.63) is 70.7 Å². The van der Waals surface area contributed by atoms with Gasteiger partial charge in [0.2, 0.25) is 0 Å². The number of hydrogen-bond donors (Lipinski definition) is 1. The number of nitrogens with zero attached hydrogens (tertiary/aromatic N) is 2. The minimum absolute atomic E-state index is 0.0982. The summed E-state index contributed by atoms with van der Waals surface area (Å²) in [6, 6.07) is 13.9. The maximum absolute atomic E-state index is 12.9. The number of rotatable bonds is 3. The molecule has 1 aromatic heterocycles. The summed E-state index contributed by atoms with van der Waals surface area (Å²) in [4.78, 5) is 27.1. The van der Waals surface area contributed by atoms with E-state index in [4.69, 9.17) is 0 Å². The molecular formula is C21H23N3O2. The number of carbonyl (C=O) groups excluding carboxylic acids is 1. The molecule has 0 saturated carbocycles. The molecule has 2 aromatic rings. The van der Waals surface area contributed by atoms with E-state index in [0.717, 1.165) is 19.3 Å². The number of pyridine rings is 1. The first kappa shape index (κ1) is 16.6. The van der Waals surface area contributed by atoms with Gasteiger partial charge in [-0.1, -0.05) is 36.4 Å². The molecule has 0 spiro atoms. The number of nitrogens with one attached hydrogen (secondary N) is 1. The predicted octanol–water partition coefficient (Wildman–Crippen LogP) is 3.72. The summed E-state index contributed by atoms with van der Waals surface area (Å²) < 4.78 is 1.59. The Labute approximate surface area is 152 Å². The fourth-order valence-electron chi connectivity index (χ4n) is 4.07. The van der Waals surface area contributed by atoms with Crippen molar-refractivity contribution in [2.45, 2.75) is 44.8 Å². The highest BCUT2D eigenvalue weighted by atomic mass is 16.2. The fraction of sp³-hybridized carbons (Fsp3) is 0.333. The van der Waals surface area contributed by atoms with Gasteiger partial charge in [-0.3, -0.25) is 4.79 Å². The van der Waals surface area contributed by atoms with Gasteiger partial charge in [0.25, 0.3) is 5.56 Å². The Morgan fingerprint density at radius 1 is 1.15 bits per heavy atom. The van der Waals surface area contributed by atoms with Gasteiger partial charge in [0.05, 0.1) is 6.04 Å². The second kappa shape index (κ2) is 6.83. The Kier molecular flexibility index (Phi) is 4.37. The molecule has 5 nitrogen and oxygen atoms in total. The van der Waals surface area contributed by atoms with Crippen molar-refractivity contribution in [1.29, 1.82) is 0 Å². The quantitative estimate of drug-likeness (QED) is 0.918. The molecule has 2 bridgehead atoms. The van der Waals surface area contributed by atoms with Crippen molar-refractivity contribution in [3.8, 4) is 0 Å². The molecule has 2 atom stereocenters. The Morgan fingerprint density at radius 2 is 1.96 bits per heavy atom. The third kappa shape index (κ3) is 2.94. The first-order chi connectivity index (χ1) is 12.7. The van der Waals surface area contributed by atoms with Gasteiger partial charge in [-0.15, -0.1) is 0 Å². The third-order valence-electron chi connectivity index (χ3n) is 5.38.